The fourth-order valence-electron chi connectivity index (χ4n) is 1.40. The first-order valence-electron chi connectivity index (χ1n) is 5.29. The third-order valence-corrected chi connectivity index (χ3v) is 5.83. The minimum absolute atomic E-state index is 0.331. The third-order valence-electron chi connectivity index (χ3n) is 2.26. The van der Waals surface area contributed by atoms with Gasteiger partial charge in [0.1, 0.15) is 4.21 Å². The zero-order chi connectivity index (χ0) is 13.0. The van der Waals surface area contributed by atoms with Crippen LogP contribution in [0.25, 0.3) is 0 Å². The Labute approximate surface area is 118 Å². The number of halogens is 1. The summed E-state index contributed by atoms with van der Waals surface area (Å²) in [4.78, 5) is 3.92. The van der Waals surface area contributed by atoms with E-state index in [-0.39, 0.29) is 0 Å². The number of hydrogen-bond donors (Lipinski definition) is 1. The first-order valence-corrected chi connectivity index (χ1v) is 8.38. The molecule has 2 aromatic rings. The molecule has 0 fully saturated rings. The van der Waals surface area contributed by atoms with Crippen LogP contribution in [0.4, 0.5) is 0 Å². The average Bonchev–Trinajstić information content (AvgIpc) is 2.95. The van der Waals surface area contributed by atoms with E-state index in [9.17, 15) is 8.42 Å². The van der Waals surface area contributed by atoms with Gasteiger partial charge in [-0.05, 0) is 34.5 Å². The van der Waals surface area contributed by atoms with Crippen molar-refractivity contribution in [2.24, 2.45) is 0 Å². The average molecular weight is 350 g/mol. The molecule has 98 valence electrons. The van der Waals surface area contributed by atoms with Gasteiger partial charge in [-0.2, -0.15) is 0 Å². The maximum Gasteiger partial charge on any atom is 0.250 e. The maximum absolute atomic E-state index is 11.9. The highest BCUT2D eigenvalue weighted by molar-refractivity contribution is 9.11. The van der Waals surface area contributed by atoms with Gasteiger partial charge in [0.05, 0.1) is 10.1 Å². The fourth-order valence-corrected chi connectivity index (χ4v) is 4.53. The van der Waals surface area contributed by atoms with Gasteiger partial charge in [-0.15, -0.1) is 11.3 Å². The molecule has 2 aromatic heterocycles. The van der Waals surface area contributed by atoms with Gasteiger partial charge in [-0.1, -0.05) is 0 Å². The van der Waals surface area contributed by atoms with Gasteiger partial charge >= 0.3 is 0 Å². The summed E-state index contributed by atoms with van der Waals surface area (Å²) in [6.07, 6.45) is 5.99. The Hall–Kier alpha value is -0.700. The number of nitrogens with one attached hydrogen (secondary N) is 1. The van der Waals surface area contributed by atoms with Gasteiger partial charge in [0, 0.05) is 25.5 Å². The molecule has 0 radical (unpaired) electrons. The van der Waals surface area contributed by atoms with E-state index in [1.807, 2.05) is 10.8 Å². The summed E-state index contributed by atoms with van der Waals surface area (Å²) in [5, 5.41) is 0. The topological polar surface area (TPSA) is 64.0 Å². The Morgan fingerprint density at radius 3 is 2.89 bits per heavy atom. The van der Waals surface area contributed by atoms with Crippen molar-refractivity contribution in [2.75, 3.05) is 6.54 Å². The lowest BCUT2D eigenvalue weighted by atomic mass is 10.4. The molecule has 0 spiro atoms. The molecule has 0 amide bonds. The summed E-state index contributed by atoms with van der Waals surface area (Å²) in [5.41, 5.74) is 0. The Morgan fingerprint density at radius 1 is 1.44 bits per heavy atom. The van der Waals surface area contributed by atoms with E-state index in [1.165, 1.54) is 11.3 Å². The lowest BCUT2D eigenvalue weighted by Gasteiger charge is -2.05. The van der Waals surface area contributed by atoms with E-state index in [2.05, 4.69) is 25.6 Å². The second-order valence-electron chi connectivity index (χ2n) is 3.61. The smallest absolute Gasteiger partial charge is 0.250 e. The second kappa shape index (κ2) is 5.96. The number of aromatic nitrogens is 2. The molecule has 8 heteroatoms. The van der Waals surface area contributed by atoms with Crippen LogP contribution in [-0.4, -0.2) is 24.5 Å². The molecule has 0 aliphatic rings. The Morgan fingerprint density at radius 2 is 2.28 bits per heavy atom. The molecule has 0 saturated carbocycles. The van der Waals surface area contributed by atoms with Gasteiger partial charge in [-0.3, -0.25) is 0 Å². The molecular weight excluding hydrogens is 338 g/mol. The molecule has 2 rings (SSSR count). The molecule has 0 unspecified atom stereocenters. The number of imidazole rings is 1. The number of thiophene rings is 1. The molecule has 18 heavy (non-hydrogen) atoms. The molecule has 0 aliphatic carbocycles. The van der Waals surface area contributed by atoms with E-state index >= 15 is 0 Å². The van der Waals surface area contributed by atoms with Crippen LogP contribution < -0.4 is 4.72 Å². The highest BCUT2D eigenvalue weighted by Gasteiger charge is 2.15. The largest absolute Gasteiger partial charge is 0.337 e. The molecule has 0 aliphatic heterocycles. The van der Waals surface area contributed by atoms with Crippen molar-refractivity contribution in [2.45, 2.75) is 17.2 Å². The molecule has 1 N–H and O–H groups in total. The lowest BCUT2D eigenvalue weighted by Crippen LogP contribution is -2.24. The number of sulfonamides is 1. The molecule has 0 aromatic carbocycles. The van der Waals surface area contributed by atoms with Crippen LogP contribution >= 0.6 is 27.3 Å². The van der Waals surface area contributed by atoms with Crippen LogP contribution in [0.3, 0.4) is 0 Å². The molecule has 0 atom stereocenters. The molecule has 0 saturated heterocycles. The summed E-state index contributed by atoms with van der Waals surface area (Å²) in [5.74, 6) is 0. The first kappa shape index (κ1) is 13.7. The van der Waals surface area contributed by atoms with Gasteiger partial charge in [-0.25, -0.2) is 18.1 Å². The van der Waals surface area contributed by atoms with E-state index in [4.69, 9.17) is 0 Å². The number of rotatable bonds is 6. The summed E-state index contributed by atoms with van der Waals surface area (Å²) < 4.78 is 29.4. The number of nitrogens with zero attached hydrogens (tertiary/aromatic N) is 2. The summed E-state index contributed by atoms with van der Waals surface area (Å²) in [6, 6.07) is 3.32. The monoisotopic (exact) mass is 349 g/mol. The van der Waals surface area contributed by atoms with Gasteiger partial charge in [0.2, 0.25) is 10.0 Å². The quantitative estimate of drug-likeness (QED) is 0.812. The van der Waals surface area contributed by atoms with Crippen molar-refractivity contribution in [1.29, 1.82) is 0 Å². The fraction of sp³-hybridized carbons (Fsp3) is 0.300. The van der Waals surface area contributed by atoms with Crippen LogP contribution in [0.1, 0.15) is 6.42 Å². The predicted molar refractivity (Wildman–Crippen MR) is 74.1 cm³/mol. The summed E-state index contributed by atoms with van der Waals surface area (Å²) in [6.45, 7) is 1.16. The van der Waals surface area contributed by atoms with E-state index in [0.29, 0.717) is 10.8 Å². The molecular formula is C10H12BrN3O2S2. The molecule has 2 heterocycles. The first-order chi connectivity index (χ1) is 8.58. The number of aryl methyl sites for hydroxylation is 1. The number of hydrogen-bond acceptors (Lipinski definition) is 4. The van der Waals surface area contributed by atoms with E-state index < -0.39 is 10.0 Å². The van der Waals surface area contributed by atoms with Gasteiger partial charge < -0.3 is 4.57 Å². The van der Waals surface area contributed by atoms with Crippen molar-refractivity contribution in [3.63, 3.8) is 0 Å². The van der Waals surface area contributed by atoms with Crippen molar-refractivity contribution < 1.29 is 8.42 Å². The highest BCUT2D eigenvalue weighted by atomic mass is 79.9. The van der Waals surface area contributed by atoms with Crippen LogP contribution in [-0.2, 0) is 16.6 Å². The van der Waals surface area contributed by atoms with Crippen LogP contribution in [0, 0.1) is 0 Å². The Kier molecular flexibility index (Phi) is 4.55. The summed E-state index contributed by atoms with van der Waals surface area (Å²) >= 11 is 4.45. The minimum Gasteiger partial charge on any atom is -0.337 e. The van der Waals surface area contributed by atoms with Crippen LogP contribution in [0.2, 0.25) is 0 Å². The van der Waals surface area contributed by atoms with Crippen LogP contribution in [0.15, 0.2) is 38.8 Å². The maximum atomic E-state index is 11.9. The van der Waals surface area contributed by atoms with Gasteiger partial charge in [0.15, 0.2) is 0 Å². The predicted octanol–water partition coefficient (Wildman–Crippen LogP) is 2.08. The Balaban J connectivity index is 1.82. The molecule has 5 nitrogen and oxygen atoms in total. The van der Waals surface area contributed by atoms with Gasteiger partial charge in [0.25, 0.3) is 0 Å². The zero-order valence-corrected chi connectivity index (χ0v) is 12.6. The SMILES string of the molecule is O=S(=O)(NCCCn1ccnc1)c1ccc(Br)s1. The van der Waals surface area contributed by atoms with E-state index in [1.54, 1.807) is 24.7 Å². The molecule has 0 bridgehead atoms. The van der Waals surface area contributed by atoms with Crippen molar-refractivity contribution in [3.05, 3.63) is 34.6 Å². The van der Waals surface area contributed by atoms with Crippen molar-refractivity contribution >= 4 is 37.3 Å². The zero-order valence-electron chi connectivity index (χ0n) is 9.41. The standard InChI is InChI=1S/C10H12BrN3O2S2/c11-9-2-3-10(17-9)18(15,16)13-4-1-6-14-7-5-12-8-14/h2-3,5,7-8,13H,1,4,6H2. The van der Waals surface area contributed by atoms with Crippen LogP contribution in [0.5, 0.6) is 0 Å². The third kappa shape index (κ3) is 3.64. The second-order valence-corrected chi connectivity index (χ2v) is 8.07. The van der Waals surface area contributed by atoms with Crippen molar-refractivity contribution in [1.82, 2.24) is 14.3 Å². The summed E-state index contributed by atoms with van der Waals surface area (Å²) in [7, 11) is -3.37. The lowest BCUT2D eigenvalue weighted by molar-refractivity contribution is 0.571. The Bertz CT molecular complexity index is 592. The normalized spacial score (nSPS) is 11.8. The van der Waals surface area contributed by atoms with E-state index in [0.717, 1.165) is 16.8 Å². The minimum atomic E-state index is -3.37. The van der Waals surface area contributed by atoms with Crippen molar-refractivity contribution in [3.8, 4) is 0 Å². The highest BCUT2D eigenvalue weighted by Crippen LogP contribution is 2.25.